The largest absolute Gasteiger partial charge is 0.493 e. The second-order valence-electron chi connectivity index (χ2n) is 4.22. The van der Waals surface area contributed by atoms with Gasteiger partial charge in [-0.1, -0.05) is 0 Å². The maximum Gasteiger partial charge on any atom is 0.228 e. The molecule has 0 atom stereocenters. The van der Waals surface area contributed by atoms with Crippen molar-refractivity contribution in [2.24, 2.45) is 5.73 Å². The first-order valence-corrected chi connectivity index (χ1v) is 5.87. The lowest BCUT2D eigenvalue weighted by Gasteiger charge is -2.01. The number of hydrogen-bond acceptors (Lipinski definition) is 4. The lowest BCUT2D eigenvalue weighted by atomic mass is 10.0. The summed E-state index contributed by atoms with van der Waals surface area (Å²) in [6.45, 7) is 0.982. The van der Waals surface area contributed by atoms with E-state index in [2.05, 4.69) is 0 Å². The first kappa shape index (κ1) is 11.0. The predicted octanol–water partition coefficient (Wildman–Crippen LogP) is 1.90. The quantitative estimate of drug-likeness (QED) is 0.836. The van der Waals surface area contributed by atoms with Gasteiger partial charge in [0.05, 0.1) is 13.2 Å². The average Bonchev–Trinajstić information content (AvgIpc) is 3.05. The number of ether oxygens (including phenoxy) is 1. The van der Waals surface area contributed by atoms with Crippen LogP contribution in [0.4, 0.5) is 0 Å². The molecule has 1 aliphatic rings. The number of nitrogens with two attached hydrogens (primary N) is 1. The van der Waals surface area contributed by atoms with E-state index in [0.29, 0.717) is 30.2 Å². The fourth-order valence-electron chi connectivity index (χ4n) is 2.08. The molecule has 0 saturated heterocycles. The van der Waals surface area contributed by atoms with Crippen LogP contribution in [0.1, 0.15) is 27.4 Å². The van der Waals surface area contributed by atoms with Crippen LogP contribution in [0, 0.1) is 0 Å². The smallest absolute Gasteiger partial charge is 0.228 e. The summed E-state index contributed by atoms with van der Waals surface area (Å²) in [6, 6.07) is 8.85. The maximum atomic E-state index is 12.2. The third kappa shape index (κ3) is 1.80. The van der Waals surface area contributed by atoms with Gasteiger partial charge in [0, 0.05) is 12.0 Å². The monoisotopic (exact) mass is 243 g/mol. The van der Waals surface area contributed by atoms with E-state index in [9.17, 15) is 4.79 Å². The minimum atomic E-state index is -0.121. The number of hydrogen-bond donors (Lipinski definition) is 1. The Morgan fingerprint density at radius 2 is 2.17 bits per heavy atom. The molecular weight excluding hydrogens is 230 g/mol. The molecule has 0 fully saturated rings. The Bertz CT molecular complexity index is 601. The molecule has 2 aromatic rings. The van der Waals surface area contributed by atoms with Gasteiger partial charge in [0.25, 0.3) is 0 Å². The molecule has 0 radical (unpaired) electrons. The van der Waals surface area contributed by atoms with E-state index in [4.69, 9.17) is 14.9 Å². The molecule has 1 aromatic heterocycles. The normalized spacial score (nSPS) is 13.2. The van der Waals surface area contributed by atoms with Crippen molar-refractivity contribution in [1.82, 2.24) is 0 Å². The zero-order valence-corrected chi connectivity index (χ0v) is 9.81. The van der Waals surface area contributed by atoms with Crippen molar-refractivity contribution in [3.8, 4) is 5.75 Å². The van der Waals surface area contributed by atoms with Crippen molar-refractivity contribution in [3.05, 3.63) is 53.0 Å². The molecule has 0 unspecified atom stereocenters. The Labute approximate surface area is 104 Å². The standard InChI is InChI=1S/C14H13NO3/c15-8-11-2-4-13(18-11)14(16)10-1-3-12-9(7-10)5-6-17-12/h1-4,7H,5-6,8,15H2. The summed E-state index contributed by atoms with van der Waals surface area (Å²) < 4.78 is 10.8. The van der Waals surface area contributed by atoms with E-state index >= 15 is 0 Å². The van der Waals surface area contributed by atoms with Crippen molar-refractivity contribution >= 4 is 5.78 Å². The number of rotatable bonds is 3. The summed E-state index contributed by atoms with van der Waals surface area (Å²) in [4.78, 5) is 12.2. The van der Waals surface area contributed by atoms with E-state index in [1.165, 1.54) is 0 Å². The van der Waals surface area contributed by atoms with Gasteiger partial charge in [-0.3, -0.25) is 4.79 Å². The van der Waals surface area contributed by atoms with Crippen molar-refractivity contribution in [2.45, 2.75) is 13.0 Å². The molecule has 1 aliphatic heterocycles. The molecule has 18 heavy (non-hydrogen) atoms. The van der Waals surface area contributed by atoms with E-state index in [1.807, 2.05) is 12.1 Å². The first-order chi connectivity index (χ1) is 8.78. The Hall–Kier alpha value is -2.07. The lowest BCUT2D eigenvalue weighted by Crippen LogP contribution is -2.00. The summed E-state index contributed by atoms with van der Waals surface area (Å²) in [5.74, 6) is 1.69. The molecule has 4 heteroatoms. The third-order valence-corrected chi connectivity index (χ3v) is 3.04. The van der Waals surface area contributed by atoms with Gasteiger partial charge in [0.15, 0.2) is 5.76 Å². The molecule has 0 aliphatic carbocycles. The SMILES string of the molecule is NCc1ccc(C(=O)c2ccc3c(c2)CCO3)o1. The van der Waals surface area contributed by atoms with Crippen LogP contribution >= 0.6 is 0 Å². The molecule has 92 valence electrons. The number of carbonyl (C=O) groups excluding carboxylic acids is 1. The average molecular weight is 243 g/mol. The van der Waals surface area contributed by atoms with E-state index in [-0.39, 0.29) is 5.78 Å². The van der Waals surface area contributed by atoms with Gasteiger partial charge in [-0.25, -0.2) is 0 Å². The summed E-state index contributed by atoms with van der Waals surface area (Å²) >= 11 is 0. The maximum absolute atomic E-state index is 12.2. The van der Waals surface area contributed by atoms with Gasteiger partial charge < -0.3 is 14.9 Å². The molecule has 0 amide bonds. The Morgan fingerprint density at radius 3 is 2.94 bits per heavy atom. The lowest BCUT2D eigenvalue weighted by molar-refractivity contribution is 0.101. The molecule has 0 bridgehead atoms. The van der Waals surface area contributed by atoms with Crippen molar-refractivity contribution in [2.75, 3.05) is 6.61 Å². The highest BCUT2D eigenvalue weighted by atomic mass is 16.5. The van der Waals surface area contributed by atoms with Crippen LogP contribution in [0.25, 0.3) is 0 Å². The zero-order valence-electron chi connectivity index (χ0n) is 9.81. The fraction of sp³-hybridized carbons (Fsp3) is 0.214. The molecule has 0 spiro atoms. The van der Waals surface area contributed by atoms with Gasteiger partial charge in [0.1, 0.15) is 11.5 Å². The molecule has 3 rings (SSSR count). The molecule has 1 aromatic carbocycles. The fourth-order valence-corrected chi connectivity index (χ4v) is 2.08. The first-order valence-electron chi connectivity index (χ1n) is 5.87. The summed E-state index contributed by atoms with van der Waals surface area (Å²) in [5, 5.41) is 0. The van der Waals surface area contributed by atoms with E-state index in [0.717, 1.165) is 17.7 Å². The minimum Gasteiger partial charge on any atom is -0.493 e. The van der Waals surface area contributed by atoms with Crippen LogP contribution in [-0.2, 0) is 13.0 Å². The Morgan fingerprint density at radius 1 is 1.28 bits per heavy atom. The van der Waals surface area contributed by atoms with Gasteiger partial charge in [-0.05, 0) is 35.9 Å². The van der Waals surface area contributed by atoms with Crippen LogP contribution in [0.2, 0.25) is 0 Å². The number of benzene rings is 1. The van der Waals surface area contributed by atoms with Crippen LogP contribution < -0.4 is 10.5 Å². The highest BCUT2D eigenvalue weighted by Crippen LogP contribution is 2.27. The molecule has 0 saturated carbocycles. The second-order valence-corrected chi connectivity index (χ2v) is 4.22. The van der Waals surface area contributed by atoms with Crippen LogP contribution in [0.5, 0.6) is 5.75 Å². The van der Waals surface area contributed by atoms with Gasteiger partial charge in [0.2, 0.25) is 5.78 Å². The van der Waals surface area contributed by atoms with Crippen molar-refractivity contribution < 1.29 is 13.9 Å². The van der Waals surface area contributed by atoms with E-state index < -0.39 is 0 Å². The summed E-state index contributed by atoms with van der Waals surface area (Å²) in [6.07, 6.45) is 0.850. The minimum absolute atomic E-state index is 0.121. The highest BCUT2D eigenvalue weighted by molar-refractivity contribution is 6.07. The van der Waals surface area contributed by atoms with Gasteiger partial charge >= 0.3 is 0 Å². The third-order valence-electron chi connectivity index (χ3n) is 3.04. The van der Waals surface area contributed by atoms with Crippen LogP contribution in [0.15, 0.2) is 34.7 Å². The predicted molar refractivity (Wildman–Crippen MR) is 65.7 cm³/mol. The van der Waals surface area contributed by atoms with Crippen molar-refractivity contribution in [1.29, 1.82) is 0 Å². The molecular formula is C14H13NO3. The summed E-state index contributed by atoms with van der Waals surface area (Å²) in [7, 11) is 0. The topological polar surface area (TPSA) is 65.5 Å². The molecule has 2 heterocycles. The van der Waals surface area contributed by atoms with Crippen LogP contribution in [-0.4, -0.2) is 12.4 Å². The number of carbonyl (C=O) groups is 1. The highest BCUT2D eigenvalue weighted by Gasteiger charge is 2.18. The molecule has 4 nitrogen and oxygen atoms in total. The van der Waals surface area contributed by atoms with Crippen LogP contribution in [0.3, 0.4) is 0 Å². The second kappa shape index (κ2) is 4.31. The van der Waals surface area contributed by atoms with Gasteiger partial charge in [-0.2, -0.15) is 0 Å². The number of ketones is 1. The summed E-state index contributed by atoms with van der Waals surface area (Å²) in [5.41, 5.74) is 7.15. The van der Waals surface area contributed by atoms with Gasteiger partial charge in [-0.15, -0.1) is 0 Å². The zero-order chi connectivity index (χ0) is 12.5. The van der Waals surface area contributed by atoms with Crippen molar-refractivity contribution in [3.63, 3.8) is 0 Å². The Kier molecular flexibility index (Phi) is 2.64. The number of furan rings is 1. The number of fused-ring (bicyclic) bond motifs is 1. The van der Waals surface area contributed by atoms with E-state index in [1.54, 1.807) is 18.2 Å². The molecule has 2 N–H and O–H groups in total. The Balaban J connectivity index is 1.92.